The third-order valence-electron chi connectivity index (χ3n) is 4.90. The maximum absolute atomic E-state index is 13.0. The van der Waals surface area contributed by atoms with E-state index in [1.807, 2.05) is 32.0 Å². The van der Waals surface area contributed by atoms with Gasteiger partial charge in [-0.2, -0.15) is 0 Å². The second-order valence-corrected chi connectivity index (χ2v) is 6.66. The van der Waals surface area contributed by atoms with Crippen molar-refractivity contribution in [2.24, 2.45) is 0 Å². The molecule has 0 fully saturated rings. The fourth-order valence-corrected chi connectivity index (χ4v) is 3.27. The van der Waals surface area contributed by atoms with Gasteiger partial charge in [-0.05, 0) is 31.5 Å². The van der Waals surface area contributed by atoms with Crippen LogP contribution in [-0.4, -0.2) is 11.7 Å². The Bertz CT molecular complexity index is 1190. The Morgan fingerprint density at radius 2 is 1.46 bits per heavy atom. The molecule has 0 saturated carbocycles. The molecule has 1 amide bonds. The molecule has 1 N–H and O–H groups in total. The van der Waals surface area contributed by atoms with Gasteiger partial charge in [0.2, 0.25) is 0 Å². The number of carbonyl (C=O) groups is 2. The van der Waals surface area contributed by atoms with E-state index in [0.717, 1.165) is 16.7 Å². The van der Waals surface area contributed by atoms with Gasteiger partial charge in [-0.1, -0.05) is 60.7 Å². The van der Waals surface area contributed by atoms with Gasteiger partial charge in [-0.3, -0.25) is 9.59 Å². The van der Waals surface area contributed by atoms with E-state index < -0.39 is 0 Å². The molecule has 1 heterocycles. The summed E-state index contributed by atoms with van der Waals surface area (Å²) in [5, 5.41) is 3.87. The lowest BCUT2D eigenvalue weighted by atomic mass is 9.98. The number of anilines is 1. The van der Waals surface area contributed by atoms with Gasteiger partial charge in [0.25, 0.3) is 5.91 Å². The lowest BCUT2D eigenvalue weighted by molar-refractivity contribution is 0.0996. The van der Waals surface area contributed by atoms with Crippen LogP contribution in [0.4, 0.5) is 5.69 Å². The van der Waals surface area contributed by atoms with Gasteiger partial charge in [-0.15, -0.1) is 0 Å². The van der Waals surface area contributed by atoms with E-state index in [-0.39, 0.29) is 11.7 Å². The Balaban J connectivity index is 1.71. The van der Waals surface area contributed by atoms with Crippen LogP contribution in [0.2, 0.25) is 0 Å². The van der Waals surface area contributed by atoms with Crippen molar-refractivity contribution in [3.05, 3.63) is 101 Å². The molecule has 0 aliphatic heterocycles. The summed E-state index contributed by atoms with van der Waals surface area (Å²) >= 11 is 0. The van der Waals surface area contributed by atoms with Crippen LogP contribution >= 0.6 is 0 Å². The Labute approximate surface area is 162 Å². The van der Waals surface area contributed by atoms with Crippen LogP contribution in [0.25, 0.3) is 11.0 Å². The van der Waals surface area contributed by atoms with Gasteiger partial charge in [0, 0.05) is 16.5 Å². The number of rotatable bonds is 4. The van der Waals surface area contributed by atoms with E-state index in [1.165, 1.54) is 0 Å². The molecular weight excluding hydrogens is 350 g/mol. The number of amides is 1. The number of hydrogen-bond donors (Lipinski definition) is 1. The van der Waals surface area contributed by atoms with E-state index in [4.69, 9.17) is 4.42 Å². The second-order valence-electron chi connectivity index (χ2n) is 6.66. The Kier molecular flexibility index (Phi) is 4.53. The predicted molar refractivity (Wildman–Crippen MR) is 110 cm³/mol. The molecule has 0 radical (unpaired) electrons. The van der Waals surface area contributed by atoms with Crippen LogP contribution < -0.4 is 5.32 Å². The summed E-state index contributed by atoms with van der Waals surface area (Å²) in [7, 11) is 0. The highest BCUT2D eigenvalue weighted by molar-refractivity contribution is 6.18. The lowest BCUT2D eigenvalue weighted by Gasteiger charge is -2.10. The third kappa shape index (κ3) is 3.09. The predicted octanol–water partition coefficient (Wildman–Crippen LogP) is 5.53. The van der Waals surface area contributed by atoms with Crippen LogP contribution in [-0.2, 0) is 0 Å². The molecule has 4 heteroatoms. The zero-order chi connectivity index (χ0) is 19.7. The molecule has 28 heavy (non-hydrogen) atoms. The smallest absolute Gasteiger partial charge is 0.256 e. The van der Waals surface area contributed by atoms with Crippen LogP contribution in [0, 0.1) is 13.8 Å². The van der Waals surface area contributed by atoms with Gasteiger partial charge < -0.3 is 9.73 Å². The molecule has 4 rings (SSSR count). The first-order valence-corrected chi connectivity index (χ1v) is 9.05. The molecule has 0 atom stereocenters. The minimum atomic E-state index is -0.348. The number of aryl methyl sites for hydroxylation is 2. The number of para-hydroxylation sites is 1. The highest BCUT2D eigenvalue weighted by atomic mass is 16.3. The number of benzene rings is 3. The van der Waals surface area contributed by atoms with Crippen molar-refractivity contribution >= 4 is 28.3 Å². The number of furan rings is 1. The van der Waals surface area contributed by atoms with Gasteiger partial charge in [0.05, 0.1) is 11.3 Å². The maximum Gasteiger partial charge on any atom is 0.256 e. The molecule has 0 spiro atoms. The number of carbonyl (C=O) groups excluding carboxylic acids is 2. The Hall–Kier alpha value is -3.66. The first-order valence-electron chi connectivity index (χ1n) is 9.05. The van der Waals surface area contributed by atoms with Gasteiger partial charge >= 0.3 is 0 Å². The van der Waals surface area contributed by atoms with Crippen molar-refractivity contribution in [2.45, 2.75) is 13.8 Å². The summed E-state index contributed by atoms with van der Waals surface area (Å²) in [4.78, 5) is 25.9. The summed E-state index contributed by atoms with van der Waals surface area (Å²) < 4.78 is 5.83. The molecule has 0 bridgehead atoms. The van der Waals surface area contributed by atoms with Crippen molar-refractivity contribution in [1.82, 2.24) is 0 Å². The molecule has 1 aromatic heterocycles. The standard InChI is InChI=1S/C24H19NO3/c1-15-16(2)28-23-18(15)13-8-14-21(23)25-24(27)20-12-7-6-11-19(20)22(26)17-9-4-3-5-10-17/h3-14H,1-2H3,(H,25,27). The Morgan fingerprint density at radius 3 is 2.21 bits per heavy atom. The highest BCUT2D eigenvalue weighted by Crippen LogP contribution is 2.31. The van der Waals surface area contributed by atoms with E-state index in [1.54, 1.807) is 54.6 Å². The number of fused-ring (bicyclic) bond motifs is 1. The molecule has 138 valence electrons. The third-order valence-corrected chi connectivity index (χ3v) is 4.90. The number of ketones is 1. The quantitative estimate of drug-likeness (QED) is 0.481. The molecule has 0 unspecified atom stereocenters. The molecule has 0 aliphatic carbocycles. The number of nitrogens with one attached hydrogen (secondary N) is 1. The molecule has 4 nitrogen and oxygen atoms in total. The van der Waals surface area contributed by atoms with Crippen molar-refractivity contribution in [1.29, 1.82) is 0 Å². The molecule has 0 aliphatic rings. The van der Waals surface area contributed by atoms with Crippen molar-refractivity contribution in [3.8, 4) is 0 Å². The van der Waals surface area contributed by atoms with Crippen LogP contribution in [0.3, 0.4) is 0 Å². The van der Waals surface area contributed by atoms with Crippen LogP contribution in [0.5, 0.6) is 0 Å². The van der Waals surface area contributed by atoms with Gasteiger partial charge in [0.1, 0.15) is 5.76 Å². The fourth-order valence-electron chi connectivity index (χ4n) is 3.27. The first kappa shape index (κ1) is 17.7. The summed E-state index contributed by atoms with van der Waals surface area (Å²) in [6.45, 7) is 3.88. The fraction of sp³-hybridized carbons (Fsp3) is 0.0833. The van der Waals surface area contributed by atoms with Crippen molar-refractivity contribution in [3.63, 3.8) is 0 Å². The van der Waals surface area contributed by atoms with Crippen LogP contribution in [0.15, 0.2) is 77.2 Å². The van der Waals surface area contributed by atoms with Gasteiger partial charge in [0.15, 0.2) is 11.4 Å². The van der Waals surface area contributed by atoms with Crippen LogP contribution in [0.1, 0.15) is 37.6 Å². The average Bonchev–Trinajstić information content (AvgIpc) is 3.03. The van der Waals surface area contributed by atoms with Crippen molar-refractivity contribution in [2.75, 3.05) is 5.32 Å². The maximum atomic E-state index is 13.0. The lowest BCUT2D eigenvalue weighted by Crippen LogP contribution is -2.17. The second kappa shape index (κ2) is 7.16. The van der Waals surface area contributed by atoms with E-state index in [9.17, 15) is 9.59 Å². The van der Waals surface area contributed by atoms with Gasteiger partial charge in [-0.25, -0.2) is 0 Å². The first-order chi connectivity index (χ1) is 13.6. The summed E-state index contributed by atoms with van der Waals surface area (Å²) in [6.07, 6.45) is 0. The van der Waals surface area contributed by atoms with E-state index in [0.29, 0.717) is 28.0 Å². The SMILES string of the molecule is Cc1oc2c(NC(=O)c3ccccc3C(=O)c3ccccc3)cccc2c1C. The zero-order valence-electron chi connectivity index (χ0n) is 15.7. The largest absolute Gasteiger partial charge is 0.459 e. The molecule has 4 aromatic rings. The summed E-state index contributed by atoms with van der Waals surface area (Å²) in [6, 6.07) is 21.4. The minimum Gasteiger partial charge on any atom is -0.459 e. The summed E-state index contributed by atoms with van der Waals surface area (Å²) in [5.41, 5.74) is 3.50. The van der Waals surface area contributed by atoms with E-state index in [2.05, 4.69) is 5.32 Å². The minimum absolute atomic E-state index is 0.186. The Morgan fingerprint density at radius 1 is 0.786 bits per heavy atom. The normalized spacial score (nSPS) is 10.8. The monoisotopic (exact) mass is 369 g/mol. The molecule has 3 aromatic carbocycles. The average molecular weight is 369 g/mol. The molecular formula is C24H19NO3. The topological polar surface area (TPSA) is 59.3 Å². The molecule has 0 saturated heterocycles. The summed E-state index contributed by atoms with van der Waals surface area (Å²) in [5.74, 6) is 0.282. The van der Waals surface area contributed by atoms with Crippen molar-refractivity contribution < 1.29 is 14.0 Å². The zero-order valence-corrected chi connectivity index (χ0v) is 15.7. The van der Waals surface area contributed by atoms with E-state index >= 15 is 0 Å². The number of hydrogen-bond acceptors (Lipinski definition) is 3. The highest BCUT2D eigenvalue weighted by Gasteiger charge is 2.19.